The molecule has 1 heterocycles. The molecule has 1 aromatic carbocycles. The van der Waals surface area contributed by atoms with Crippen molar-refractivity contribution in [2.45, 2.75) is 133 Å². The summed E-state index contributed by atoms with van der Waals surface area (Å²) in [5.41, 5.74) is 11.7. The van der Waals surface area contributed by atoms with Crippen LogP contribution in [0.1, 0.15) is 130 Å². The lowest BCUT2D eigenvalue weighted by Crippen LogP contribution is -2.49. The van der Waals surface area contributed by atoms with Gasteiger partial charge in [0.15, 0.2) is 5.78 Å². The first kappa shape index (κ1) is 39.4. The van der Waals surface area contributed by atoms with E-state index in [0.29, 0.717) is 18.8 Å². The quantitative estimate of drug-likeness (QED) is 0.189. The fraction of sp³-hybridized carbons (Fsp3) is 0.711. The average molecular weight is 611 g/mol. The highest BCUT2D eigenvalue weighted by Gasteiger charge is 2.24. The van der Waals surface area contributed by atoms with Crippen LogP contribution in [0.15, 0.2) is 34.5 Å². The van der Waals surface area contributed by atoms with Gasteiger partial charge < -0.3 is 15.5 Å². The number of unbranched alkanes of at least 4 members (excludes halogenated alkanes) is 3. The van der Waals surface area contributed by atoms with Gasteiger partial charge in [-0.25, -0.2) is 0 Å². The topological polar surface area (TPSA) is 79.0 Å². The number of nitrogens with two attached hydrogens (primary N) is 1. The summed E-state index contributed by atoms with van der Waals surface area (Å²) in [6.45, 7) is 22.6. The number of nitrogens with zero attached hydrogens (tertiary/aromatic N) is 3. The molecular weight excluding hydrogens is 544 g/mol. The summed E-state index contributed by atoms with van der Waals surface area (Å²) in [7, 11) is 0. The molecule has 0 unspecified atom stereocenters. The Kier molecular flexibility index (Phi) is 19.7. The fourth-order valence-electron chi connectivity index (χ4n) is 5.64. The minimum atomic E-state index is -0.126. The normalized spacial score (nSPS) is 17.5. The second kappa shape index (κ2) is 22.0. The Hall–Kier alpha value is -2.63. The van der Waals surface area contributed by atoms with E-state index in [1.165, 1.54) is 75.1 Å². The third kappa shape index (κ3) is 14.4. The molecule has 0 aromatic heterocycles. The van der Waals surface area contributed by atoms with E-state index in [1.54, 1.807) is 0 Å². The summed E-state index contributed by atoms with van der Waals surface area (Å²) in [4.78, 5) is 32.9. The molecule has 1 saturated heterocycles. The molecular formula is C38H66N4O2. The Labute approximate surface area is 270 Å². The van der Waals surface area contributed by atoms with Crippen LogP contribution < -0.4 is 10.6 Å². The monoisotopic (exact) mass is 611 g/mol. The Morgan fingerprint density at radius 1 is 0.909 bits per heavy atom. The number of ketones is 1. The molecule has 0 bridgehead atoms. The predicted molar refractivity (Wildman–Crippen MR) is 191 cm³/mol. The summed E-state index contributed by atoms with van der Waals surface area (Å²) in [5, 5.41) is 0. The molecule has 1 aliphatic heterocycles. The molecule has 1 saturated carbocycles. The van der Waals surface area contributed by atoms with Gasteiger partial charge in [0, 0.05) is 44.5 Å². The molecule has 6 nitrogen and oxygen atoms in total. The number of anilines is 1. The number of hydrogen-bond donors (Lipinski definition) is 1. The van der Waals surface area contributed by atoms with Crippen molar-refractivity contribution in [2.75, 3.05) is 37.6 Å². The van der Waals surface area contributed by atoms with Crippen molar-refractivity contribution in [3.05, 3.63) is 40.6 Å². The molecule has 1 atom stereocenters. The van der Waals surface area contributed by atoms with Gasteiger partial charge in [-0.05, 0) is 67.7 Å². The van der Waals surface area contributed by atoms with Crippen molar-refractivity contribution in [1.29, 1.82) is 0 Å². The van der Waals surface area contributed by atoms with Gasteiger partial charge in [0.1, 0.15) is 6.54 Å². The lowest BCUT2D eigenvalue weighted by molar-refractivity contribution is -0.129. The number of piperazine rings is 1. The van der Waals surface area contributed by atoms with Gasteiger partial charge in [0.2, 0.25) is 5.91 Å². The minimum absolute atomic E-state index is 0.0424. The standard InChI is InChI=1S/C22H30N4O2.C10H22.C6H14/c1-15-6-4-9-20(16(15)2)25-10-12-26(13-11-25)21(28)14-24-19-8-5-7-18(19)22(23)17(3)27;1-4-6-7-8-9-10(3)5-2;1-4-5-6(2)3/h4,6,9H,5,7-8,10-14,23H2,1-3H3;10H,4-9H2,1-3H3;6H,4-5H2,1-3H3/b22-18-,24-19?;;/t;10-;/m.1./s1. The number of carbonyl (C=O) groups excluding carboxylic acids is 2. The maximum absolute atomic E-state index is 12.6. The van der Waals surface area contributed by atoms with Crippen molar-refractivity contribution in [3.8, 4) is 0 Å². The van der Waals surface area contributed by atoms with Gasteiger partial charge in [0.25, 0.3) is 0 Å². The van der Waals surface area contributed by atoms with Crippen LogP contribution in [0.25, 0.3) is 0 Å². The first-order valence-corrected chi connectivity index (χ1v) is 17.6. The van der Waals surface area contributed by atoms with Crippen LogP contribution in [0, 0.1) is 25.7 Å². The van der Waals surface area contributed by atoms with Gasteiger partial charge >= 0.3 is 0 Å². The van der Waals surface area contributed by atoms with Crippen LogP contribution in [0.4, 0.5) is 5.69 Å². The smallest absolute Gasteiger partial charge is 0.244 e. The van der Waals surface area contributed by atoms with E-state index in [-0.39, 0.29) is 18.2 Å². The number of benzene rings is 1. The summed E-state index contributed by atoms with van der Waals surface area (Å²) in [6, 6.07) is 6.37. The Bertz CT molecular complexity index is 1050. The number of aryl methyl sites for hydroxylation is 1. The zero-order chi connectivity index (χ0) is 33.1. The maximum Gasteiger partial charge on any atom is 0.244 e. The lowest BCUT2D eigenvalue weighted by Gasteiger charge is -2.37. The second-order valence-corrected chi connectivity index (χ2v) is 13.2. The van der Waals surface area contributed by atoms with Gasteiger partial charge in [-0.3, -0.25) is 14.6 Å². The largest absolute Gasteiger partial charge is 0.396 e. The molecule has 250 valence electrons. The Morgan fingerprint density at radius 3 is 2.14 bits per heavy atom. The van der Waals surface area contributed by atoms with Crippen LogP contribution in [0.2, 0.25) is 0 Å². The third-order valence-corrected chi connectivity index (χ3v) is 8.96. The summed E-state index contributed by atoms with van der Waals surface area (Å²) >= 11 is 0. The summed E-state index contributed by atoms with van der Waals surface area (Å²) < 4.78 is 0. The van der Waals surface area contributed by atoms with Crippen molar-refractivity contribution in [3.63, 3.8) is 0 Å². The average Bonchev–Trinajstić information content (AvgIpc) is 3.48. The lowest BCUT2D eigenvalue weighted by atomic mass is 10.0. The zero-order valence-electron chi connectivity index (χ0n) is 29.9. The van der Waals surface area contributed by atoms with Crippen molar-refractivity contribution in [1.82, 2.24) is 4.90 Å². The SMILES string of the molecule is CC(=O)/C(N)=C1\CCCC1=NCC(=O)N1CCN(c2cccc(C)c2C)CC1.CCCC(C)C.CCCCCC[C@H](C)CC. The van der Waals surface area contributed by atoms with E-state index in [2.05, 4.69) is 83.5 Å². The van der Waals surface area contributed by atoms with Crippen LogP contribution in [-0.2, 0) is 9.59 Å². The van der Waals surface area contributed by atoms with Crippen LogP contribution in [0.5, 0.6) is 0 Å². The van der Waals surface area contributed by atoms with Crippen LogP contribution >= 0.6 is 0 Å². The Balaban J connectivity index is 0.000000500. The number of allylic oxidation sites excluding steroid dienone is 2. The molecule has 2 fully saturated rings. The second-order valence-electron chi connectivity index (χ2n) is 13.2. The third-order valence-electron chi connectivity index (χ3n) is 8.96. The van der Waals surface area contributed by atoms with Crippen LogP contribution in [0.3, 0.4) is 0 Å². The predicted octanol–water partition coefficient (Wildman–Crippen LogP) is 8.82. The molecule has 1 amide bonds. The number of amides is 1. The van der Waals surface area contributed by atoms with Gasteiger partial charge in [-0.2, -0.15) is 0 Å². The van der Waals surface area contributed by atoms with Crippen molar-refractivity contribution in [2.24, 2.45) is 22.6 Å². The highest BCUT2D eigenvalue weighted by molar-refractivity contribution is 6.09. The molecule has 0 radical (unpaired) electrons. The Morgan fingerprint density at radius 2 is 1.59 bits per heavy atom. The molecule has 1 aliphatic carbocycles. The maximum atomic E-state index is 12.6. The number of carbonyl (C=O) groups is 2. The van der Waals surface area contributed by atoms with Gasteiger partial charge in [-0.15, -0.1) is 0 Å². The van der Waals surface area contributed by atoms with E-state index in [9.17, 15) is 9.59 Å². The summed E-state index contributed by atoms with van der Waals surface area (Å²) in [5.74, 6) is 1.77. The number of hydrogen-bond acceptors (Lipinski definition) is 5. The highest BCUT2D eigenvalue weighted by atomic mass is 16.2. The van der Waals surface area contributed by atoms with E-state index in [0.717, 1.165) is 55.5 Å². The molecule has 44 heavy (non-hydrogen) atoms. The minimum Gasteiger partial charge on any atom is -0.396 e. The van der Waals surface area contributed by atoms with E-state index < -0.39 is 0 Å². The fourth-order valence-corrected chi connectivity index (χ4v) is 5.64. The van der Waals surface area contributed by atoms with Crippen LogP contribution in [-0.4, -0.2) is 55.0 Å². The molecule has 0 spiro atoms. The first-order valence-electron chi connectivity index (χ1n) is 17.6. The number of rotatable bonds is 12. The van der Waals surface area contributed by atoms with Gasteiger partial charge in [-0.1, -0.05) is 105 Å². The molecule has 6 heteroatoms. The van der Waals surface area contributed by atoms with E-state index in [1.807, 2.05) is 4.90 Å². The number of aliphatic imine (C=N–C) groups is 1. The van der Waals surface area contributed by atoms with Gasteiger partial charge in [0.05, 0.1) is 5.70 Å². The highest BCUT2D eigenvalue weighted by Crippen LogP contribution is 2.25. The zero-order valence-corrected chi connectivity index (χ0v) is 29.9. The molecule has 2 aliphatic rings. The molecule has 3 rings (SSSR count). The first-order chi connectivity index (χ1) is 21.0. The number of Topliss-reactive ketones (excluding diaryl/α,β-unsaturated/α-hetero) is 1. The van der Waals surface area contributed by atoms with E-state index in [4.69, 9.17) is 5.73 Å². The summed E-state index contributed by atoms with van der Waals surface area (Å²) in [6.07, 6.45) is 13.7. The molecule has 2 N–H and O–H groups in total. The molecule has 1 aromatic rings. The van der Waals surface area contributed by atoms with Crippen molar-refractivity contribution >= 4 is 23.1 Å². The van der Waals surface area contributed by atoms with E-state index >= 15 is 0 Å². The van der Waals surface area contributed by atoms with Crippen molar-refractivity contribution < 1.29 is 9.59 Å².